The minimum absolute atomic E-state index is 0.245. The number of methoxy groups -OCH3 is 1. The van der Waals surface area contributed by atoms with Crippen molar-refractivity contribution < 1.29 is 14.1 Å². The SMILES string of the molecule is COCc1cc(C(=O)Nc2c(C)cccc2C)no1. The molecule has 0 aliphatic heterocycles. The zero-order chi connectivity index (χ0) is 13.8. The predicted octanol–water partition coefficient (Wildman–Crippen LogP) is 2.69. The van der Waals surface area contributed by atoms with Crippen LogP contribution in [-0.2, 0) is 11.3 Å². The van der Waals surface area contributed by atoms with Crippen molar-refractivity contribution in [3.05, 3.63) is 46.8 Å². The highest BCUT2D eigenvalue weighted by Gasteiger charge is 2.14. The van der Waals surface area contributed by atoms with Gasteiger partial charge >= 0.3 is 0 Å². The first-order valence-corrected chi connectivity index (χ1v) is 5.94. The van der Waals surface area contributed by atoms with E-state index in [1.54, 1.807) is 13.2 Å². The van der Waals surface area contributed by atoms with Crippen LogP contribution in [0.5, 0.6) is 0 Å². The predicted molar refractivity (Wildman–Crippen MR) is 71.1 cm³/mol. The summed E-state index contributed by atoms with van der Waals surface area (Å²) in [5.41, 5.74) is 3.07. The topological polar surface area (TPSA) is 64.4 Å². The maximum atomic E-state index is 12.1. The van der Waals surface area contributed by atoms with Gasteiger partial charge in [-0.15, -0.1) is 0 Å². The molecule has 0 aliphatic carbocycles. The second-order valence-corrected chi connectivity index (χ2v) is 4.33. The van der Waals surface area contributed by atoms with E-state index in [0.717, 1.165) is 16.8 Å². The van der Waals surface area contributed by atoms with Crippen LogP contribution in [0.4, 0.5) is 5.69 Å². The number of nitrogens with zero attached hydrogens (tertiary/aromatic N) is 1. The number of hydrogen-bond acceptors (Lipinski definition) is 4. The molecular formula is C14H16N2O3. The maximum Gasteiger partial charge on any atom is 0.277 e. The van der Waals surface area contributed by atoms with E-state index < -0.39 is 0 Å². The number of carbonyl (C=O) groups is 1. The first-order valence-electron chi connectivity index (χ1n) is 5.94. The van der Waals surface area contributed by atoms with Gasteiger partial charge in [-0.3, -0.25) is 4.79 Å². The van der Waals surface area contributed by atoms with E-state index in [0.29, 0.717) is 12.4 Å². The molecule has 0 saturated carbocycles. The molecular weight excluding hydrogens is 244 g/mol. The molecule has 0 atom stereocenters. The molecule has 1 aromatic heterocycles. The molecule has 0 radical (unpaired) electrons. The van der Waals surface area contributed by atoms with E-state index in [2.05, 4.69) is 10.5 Å². The number of hydrogen-bond donors (Lipinski definition) is 1. The highest BCUT2D eigenvalue weighted by molar-refractivity contribution is 6.03. The summed E-state index contributed by atoms with van der Waals surface area (Å²) in [6.07, 6.45) is 0. The summed E-state index contributed by atoms with van der Waals surface area (Å²) < 4.78 is 9.90. The van der Waals surface area contributed by atoms with E-state index >= 15 is 0 Å². The van der Waals surface area contributed by atoms with E-state index in [-0.39, 0.29) is 11.6 Å². The van der Waals surface area contributed by atoms with Gasteiger partial charge < -0.3 is 14.6 Å². The number of aromatic nitrogens is 1. The van der Waals surface area contributed by atoms with Gasteiger partial charge in [-0.2, -0.15) is 0 Å². The van der Waals surface area contributed by atoms with Crippen molar-refractivity contribution in [2.24, 2.45) is 0 Å². The van der Waals surface area contributed by atoms with Gasteiger partial charge in [0, 0.05) is 18.9 Å². The molecule has 0 spiro atoms. The van der Waals surface area contributed by atoms with Crippen LogP contribution in [0.1, 0.15) is 27.4 Å². The Kier molecular flexibility index (Phi) is 3.97. The first kappa shape index (κ1) is 13.3. The van der Waals surface area contributed by atoms with Crippen LogP contribution < -0.4 is 5.32 Å². The van der Waals surface area contributed by atoms with Gasteiger partial charge in [-0.05, 0) is 25.0 Å². The Labute approximate surface area is 111 Å². The number of carbonyl (C=O) groups excluding carboxylic acids is 1. The molecule has 5 heteroatoms. The Morgan fingerprint density at radius 1 is 1.37 bits per heavy atom. The van der Waals surface area contributed by atoms with Crippen molar-refractivity contribution in [2.45, 2.75) is 20.5 Å². The molecule has 0 unspecified atom stereocenters. The lowest BCUT2D eigenvalue weighted by Crippen LogP contribution is -2.14. The minimum atomic E-state index is -0.288. The lowest BCUT2D eigenvalue weighted by molar-refractivity contribution is 0.101. The van der Waals surface area contributed by atoms with Gasteiger partial charge in [0.2, 0.25) is 0 Å². The van der Waals surface area contributed by atoms with Gasteiger partial charge in [-0.25, -0.2) is 0 Å². The van der Waals surface area contributed by atoms with Crippen LogP contribution in [0, 0.1) is 13.8 Å². The Hall–Kier alpha value is -2.14. The molecule has 5 nitrogen and oxygen atoms in total. The minimum Gasteiger partial charge on any atom is -0.377 e. The van der Waals surface area contributed by atoms with Gasteiger partial charge in [0.1, 0.15) is 6.61 Å². The van der Waals surface area contributed by atoms with Crippen LogP contribution in [-0.4, -0.2) is 18.2 Å². The number of para-hydroxylation sites is 1. The van der Waals surface area contributed by atoms with Crippen LogP contribution in [0.25, 0.3) is 0 Å². The van der Waals surface area contributed by atoms with Gasteiger partial charge in [0.05, 0.1) is 0 Å². The number of ether oxygens (including phenoxy) is 1. The van der Waals surface area contributed by atoms with Crippen LogP contribution in [0.15, 0.2) is 28.8 Å². The Bertz CT molecular complexity index is 570. The highest BCUT2D eigenvalue weighted by atomic mass is 16.5. The standard InChI is InChI=1S/C14H16N2O3/c1-9-5-4-6-10(2)13(9)15-14(17)12-7-11(8-18-3)19-16-12/h4-7H,8H2,1-3H3,(H,15,17). The summed E-state index contributed by atoms with van der Waals surface area (Å²) in [5, 5.41) is 6.57. The summed E-state index contributed by atoms with van der Waals surface area (Å²) in [7, 11) is 1.55. The highest BCUT2D eigenvalue weighted by Crippen LogP contribution is 2.20. The fourth-order valence-corrected chi connectivity index (χ4v) is 1.82. The second kappa shape index (κ2) is 5.67. The normalized spacial score (nSPS) is 10.5. The van der Waals surface area contributed by atoms with Crippen LogP contribution >= 0.6 is 0 Å². The molecule has 1 aromatic carbocycles. The molecule has 1 heterocycles. The van der Waals surface area contributed by atoms with E-state index in [9.17, 15) is 4.79 Å². The molecule has 0 fully saturated rings. The zero-order valence-corrected chi connectivity index (χ0v) is 11.2. The van der Waals surface area contributed by atoms with Gasteiger partial charge in [0.15, 0.2) is 11.5 Å². The van der Waals surface area contributed by atoms with Crippen LogP contribution in [0.2, 0.25) is 0 Å². The Morgan fingerprint density at radius 3 is 2.68 bits per heavy atom. The van der Waals surface area contributed by atoms with Crippen molar-refractivity contribution in [3.8, 4) is 0 Å². The number of nitrogens with one attached hydrogen (secondary N) is 1. The average molecular weight is 260 g/mol. The van der Waals surface area contributed by atoms with Gasteiger partial charge in [-0.1, -0.05) is 23.4 Å². The van der Waals surface area contributed by atoms with Crippen molar-refractivity contribution in [3.63, 3.8) is 0 Å². The quantitative estimate of drug-likeness (QED) is 0.918. The molecule has 0 saturated heterocycles. The van der Waals surface area contributed by atoms with Gasteiger partial charge in [0.25, 0.3) is 5.91 Å². The van der Waals surface area contributed by atoms with Crippen molar-refractivity contribution in [2.75, 3.05) is 12.4 Å². The lowest BCUT2D eigenvalue weighted by Gasteiger charge is -2.09. The molecule has 0 aliphatic rings. The summed E-state index contributed by atoms with van der Waals surface area (Å²) in [6.45, 7) is 4.19. The second-order valence-electron chi connectivity index (χ2n) is 4.33. The van der Waals surface area contributed by atoms with Crippen molar-refractivity contribution in [1.82, 2.24) is 5.16 Å². The molecule has 0 bridgehead atoms. The largest absolute Gasteiger partial charge is 0.377 e. The monoisotopic (exact) mass is 260 g/mol. The smallest absolute Gasteiger partial charge is 0.277 e. The Morgan fingerprint density at radius 2 is 2.05 bits per heavy atom. The number of aryl methyl sites for hydroxylation is 2. The third-order valence-corrected chi connectivity index (χ3v) is 2.80. The molecule has 100 valence electrons. The summed E-state index contributed by atoms with van der Waals surface area (Å²) in [6, 6.07) is 7.42. The first-order chi connectivity index (χ1) is 9.11. The van der Waals surface area contributed by atoms with E-state index in [1.807, 2.05) is 32.0 Å². The third kappa shape index (κ3) is 3.00. The van der Waals surface area contributed by atoms with E-state index in [4.69, 9.17) is 9.26 Å². The van der Waals surface area contributed by atoms with Crippen molar-refractivity contribution >= 4 is 11.6 Å². The maximum absolute atomic E-state index is 12.1. The number of amides is 1. The lowest BCUT2D eigenvalue weighted by atomic mass is 10.1. The summed E-state index contributed by atoms with van der Waals surface area (Å²) in [5.74, 6) is 0.234. The molecule has 1 amide bonds. The van der Waals surface area contributed by atoms with Crippen molar-refractivity contribution in [1.29, 1.82) is 0 Å². The fourth-order valence-electron chi connectivity index (χ4n) is 1.82. The molecule has 1 N–H and O–H groups in total. The summed E-state index contributed by atoms with van der Waals surface area (Å²) in [4.78, 5) is 12.1. The number of rotatable bonds is 4. The average Bonchev–Trinajstić information content (AvgIpc) is 2.83. The molecule has 19 heavy (non-hydrogen) atoms. The zero-order valence-electron chi connectivity index (χ0n) is 11.2. The number of anilines is 1. The van der Waals surface area contributed by atoms with E-state index in [1.165, 1.54) is 0 Å². The Balaban J connectivity index is 2.16. The third-order valence-electron chi connectivity index (χ3n) is 2.80. The van der Waals surface area contributed by atoms with Crippen LogP contribution in [0.3, 0.4) is 0 Å². The summed E-state index contributed by atoms with van der Waals surface area (Å²) >= 11 is 0. The molecule has 2 aromatic rings. The number of benzene rings is 1. The molecule has 2 rings (SSSR count). The fraction of sp³-hybridized carbons (Fsp3) is 0.286.